The summed E-state index contributed by atoms with van der Waals surface area (Å²) >= 11 is 0. The summed E-state index contributed by atoms with van der Waals surface area (Å²) in [5.74, 6) is -0.00225. The van der Waals surface area contributed by atoms with Crippen LogP contribution >= 0.6 is 0 Å². The second-order valence-electron chi connectivity index (χ2n) is 7.13. The minimum atomic E-state index is -0.304. The Bertz CT molecular complexity index is 625. The molecule has 0 bridgehead atoms. The highest BCUT2D eigenvalue weighted by atomic mass is 16.5. The van der Waals surface area contributed by atoms with Gasteiger partial charge in [0.15, 0.2) is 0 Å². The third-order valence-corrected chi connectivity index (χ3v) is 5.16. The Hall–Kier alpha value is -2.12. The molecule has 2 N–H and O–H groups in total. The molecule has 3 rings (SSSR count). The molecule has 0 atom stereocenters. The van der Waals surface area contributed by atoms with E-state index in [-0.39, 0.29) is 18.5 Å². The molecule has 0 unspecified atom stereocenters. The van der Waals surface area contributed by atoms with Crippen molar-refractivity contribution in [3.8, 4) is 0 Å². The van der Waals surface area contributed by atoms with E-state index in [1.807, 2.05) is 23.1 Å². The number of hydrogen-bond donors (Lipinski definition) is 2. The van der Waals surface area contributed by atoms with Crippen LogP contribution in [-0.2, 0) is 22.6 Å². The van der Waals surface area contributed by atoms with Crippen LogP contribution in [0.25, 0.3) is 0 Å². The van der Waals surface area contributed by atoms with Crippen molar-refractivity contribution in [1.82, 2.24) is 20.4 Å². The molecule has 0 radical (unpaired) electrons. The number of ether oxygens (including phenoxy) is 1. The molecule has 3 amide bonds. The summed E-state index contributed by atoms with van der Waals surface area (Å²) in [6.07, 6.45) is 3.29. The van der Waals surface area contributed by atoms with Gasteiger partial charge in [0.1, 0.15) is 0 Å². The van der Waals surface area contributed by atoms with Gasteiger partial charge >= 0.3 is 6.03 Å². The summed E-state index contributed by atoms with van der Waals surface area (Å²) in [4.78, 5) is 28.4. The lowest BCUT2D eigenvalue weighted by molar-refractivity contribution is -0.130. The van der Waals surface area contributed by atoms with E-state index in [1.165, 1.54) is 12.0 Å². The first-order valence-corrected chi connectivity index (χ1v) is 9.89. The Labute approximate surface area is 161 Å². The average molecular weight is 374 g/mol. The van der Waals surface area contributed by atoms with Gasteiger partial charge in [-0.05, 0) is 30.4 Å². The zero-order valence-electron chi connectivity index (χ0n) is 15.9. The van der Waals surface area contributed by atoms with Crippen molar-refractivity contribution in [2.24, 2.45) is 0 Å². The van der Waals surface area contributed by atoms with Gasteiger partial charge in [-0.2, -0.15) is 0 Å². The minimum absolute atomic E-state index is 0.00225. The van der Waals surface area contributed by atoms with E-state index in [0.717, 1.165) is 64.3 Å². The lowest BCUT2D eigenvalue weighted by Crippen LogP contribution is -2.45. The third kappa shape index (κ3) is 6.22. The van der Waals surface area contributed by atoms with Crippen molar-refractivity contribution in [2.75, 3.05) is 45.9 Å². The maximum atomic E-state index is 12.1. The summed E-state index contributed by atoms with van der Waals surface area (Å²) in [5, 5.41) is 5.55. The van der Waals surface area contributed by atoms with Crippen molar-refractivity contribution >= 4 is 11.9 Å². The van der Waals surface area contributed by atoms with Gasteiger partial charge in [-0.3, -0.25) is 9.69 Å². The Morgan fingerprint density at radius 2 is 1.63 bits per heavy atom. The van der Waals surface area contributed by atoms with E-state index in [1.54, 1.807) is 0 Å². The summed E-state index contributed by atoms with van der Waals surface area (Å²) in [6, 6.07) is 7.84. The van der Waals surface area contributed by atoms with Crippen LogP contribution in [0.1, 0.15) is 30.4 Å². The molecule has 0 aliphatic carbocycles. The van der Waals surface area contributed by atoms with E-state index in [0.29, 0.717) is 6.54 Å². The molecule has 148 valence electrons. The quantitative estimate of drug-likeness (QED) is 0.788. The van der Waals surface area contributed by atoms with Gasteiger partial charge in [0, 0.05) is 39.3 Å². The number of carbonyl (C=O) groups is 2. The predicted octanol–water partition coefficient (Wildman–Crippen LogP) is 1.33. The van der Waals surface area contributed by atoms with Crippen molar-refractivity contribution in [3.05, 3.63) is 35.4 Å². The highest BCUT2D eigenvalue weighted by molar-refractivity contribution is 5.84. The molecular weight excluding hydrogens is 344 g/mol. The van der Waals surface area contributed by atoms with Crippen LogP contribution in [0.4, 0.5) is 4.79 Å². The Balaban J connectivity index is 1.43. The van der Waals surface area contributed by atoms with Crippen molar-refractivity contribution in [1.29, 1.82) is 0 Å². The number of benzene rings is 1. The van der Waals surface area contributed by atoms with Gasteiger partial charge in [-0.1, -0.05) is 24.3 Å². The first-order chi connectivity index (χ1) is 13.2. The van der Waals surface area contributed by atoms with Crippen molar-refractivity contribution in [3.63, 3.8) is 0 Å². The van der Waals surface area contributed by atoms with Crippen molar-refractivity contribution < 1.29 is 14.3 Å². The standard InChI is InChI=1S/C20H30N4O3/c25-19(24-8-4-1-5-9-24)15-22-20(26)21-14-17-6-2-3-7-18(17)16-23-10-12-27-13-11-23/h2-3,6-7H,1,4-5,8-16H2,(H2,21,22,26). The fraction of sp³-hybridized carbons (Fsp3) is 0.600. The zero-order valence-corrected chi connectivity index (χ0v) is 15.9. The second-order valence-corrected chi connectivity index (χ2v) is 7.13. The SMILES string of the molecule is O=C(NCC(=O)N1CCCCC1)NCc1ccccc1CN1CCOCC1. The highest BCUT2D eigenvalue weighted by Gasteiger charge is 2.17. The predicted molar refractivity (Wildman–Crippen MR) is 103 cm³/mol. The van der Waals surface area contributed by atoms with Gasteiger partial charge in [0.2, 0.25) is 5.91 Å². The molecule has 2 fully saturated rings. The molecule has 2 aliphatic rings. The zero-order chi connectivity index (χ0) is 18.9. The number of amides is 3. The fourth-order valence-corrected chi connectivity index (χ4v) is 3.53. The topological polar surface area (TPSA) is 73.9 Å². The first-order valence-electron chi connectivity index (χ1n) is 9.89. The van der Waals surface area contributed by atoms with Crippen molar-refractivity contribution in [2.45, 2.75) is 32.4 Å². The molecule has 2 heterocycles. The number of likely N-dealkylation sites (tertiary alicyclic amines) is 1. The molecule has 2 aliphatic heterocycles. The van der Waals surface area contributed by atoms with Crippen LogP contribution in [0.5, 0.6) is 0 Å². The number of nitrogens with zero attached hydrogens (tertiary/aromatic N) is 2. The number of hydrogen-bond acceptors (Lipinski definition) is 4. The molecule has 1 aromatic carbocycles. The molecule has 7 nitrogen and oxygen atoms in total. The van der Waals surface area contributed by atoms with Gasteiger partial charge < -0.3 is 20.3 Å². The smallest absolute Gasteiger partial charge is 0.315 e. The second kappa shape index (κ2) is 10.3. The van der Waals surface area contributed by atoms with Crippen LogP contribution in [-0.4, -0.2) is 67.7 Å². The molecule has 0 aromatic heterocycles. The van der Waals surface area contributed by atoms with Crippen LogP contribution < -0.4 is 10.6 Å². The summed E-state index contributed by atoms with van der Waals surface area (Å²) in [7, 11) is 0. The minimum Gasteiger partial charge on any atom is -0.379 e. The third-order valence-electron chi connectivity index (χ3n) is 5.16. The molecule has 0 spiro atoms. The van der Waals surface area contributed by atoms with Crippen LogP contribution in [0.3, 0.4) is 0 Å². The fourth-order valence-electron chi connectivity index (χ4n) is 3.53. The largest absolute Gasteiger partial charge is 0.379 e. The van der Waals surface area contributed by atoms with E-state index in [9.17, 15) is 9.59 Å². The Morgan fingerprint density at radius 1 is 0.926 bits per heavy atom. The lowest BCUT2D eigenvalue weighted by Gasteiger charge is -2.27. The Morgan fingerprint density at radius 3 is 2.37 bits per heavy atom. The van der Waals surface area contributed by atoms with Gasteiger partial charge in [-0.15, -0.1) is 0 Å². The molecular formula is C20H30N4O3. The van der Waals surface area contributed by atoms with E-state index in [2.05, 4.69) is 21.6 Å². The van der Waals surface area contributed by atoms with Gasteiger partial charge in [-0.25, -0.2) is 4.79 Å². The Kier molecular flexibility index (Phi) is 7.47. The van der Waals surface area contributed by atoms with E-state index >= 15 is 0 Å². The maximum Gasteiger partial charge on any atom is 0.315 e. The van der Waals surface area contributed by atoms with E-state index < -0.39 is 0 Å². The summed E-state index contributed by atoms with van der Waals surface area (Å²) in [5.41, 5.74) is 2.31. The summed E-state index contributed by atoms with van der Waals surface area (Å²) in [6.45, 7) is 6.37. The maximum absolute atomic E-state index is 12.1. The monoisotopic (exact) mass is 374 g/mol. The number of nitrogens with one attached hydrogen (secondary N) is 2. The van der Waals surface area contributed by atoms with E-state index in [4.69, 9.17) is 4.74 Å². The molecule has 7 heteroatoms. The average Bonchev–Trinajstić information content (AvgIpc) is 2.73. The number of urea groups is 1. The number of carbonyl (C=O) groups excluding carboxylic acids is 2. The van der Waals surface area contributed by atoms with Gasteiger partial charge in [0.25, 0.3) is 0 Å². The number of rotatable bonds is 6. The first kappa shape index (κ1) is 19.6. The van der Waals surface area contributed by atoms with Crippen LogP contribution in [0.2, 0.25) is 0 Å². The summed E-state index contributed by atoms with van der Waals surface area (Å²) < 4.78 is 5.40. The van der Waals surface area contributed by atoms with Crippen LogP contribution in [0.15, 0.2) is 24.3 Å². The number of piperidine rings is 1. The molecule has 1 aromatic rings. The van der Waals surface area contributed by atoms with Crippen LogP contribution in [0, 0.1) is 0 Å². The molecule has 0 saturated carbocycles. The normalized spacial score (nSPS) is 18.1. The lowest BCUT2D eigenvalue weighted by atomic mass is 10.1. The van der Waals surface area contributed by atoms with Gasteiger partial charge in [0.05, 0.1) is 19.8 Å². The molecule has 2 saturated heterocycles. The highest BCUT2D eigenvalue weighted by Crippen LogP contribution is 2.13. The number of morpholine rings is 1. The molecule has 27 heavy (non-hydrogen) atoms.